The van der Waals surface area contributed by atoms with Gasteiger partial charge in [-0.1, -0.05) is 18.2 Å². The van der Waals surface area contributed by atoms with Crippen LogP contribution in [0.3, 0.4) is 0 Å². The molecule has 3 rings (SSSR count). The second-order valence-corrected chi connectivity index (χ2v) is 5.50. The largest absolute Gasteiger partial charge is 0.497 e. The molecule has 0 heterocycles. The lowest BCUT2D eigenvalue weighted by molar-refractivity contribution is 0.305. The number of aryl methyl sites for hydroxylation is 1. The van der Waals surface area contributed by atoms with Gasteiger partial charge >= 0.3 is 0 Å². The summed E-state index contributed by atoms with van der Waals surface area (Å²) in [5.74, 6) is 1.78. The summed E-state index contributed by atoms with van der Waals surface area (Å²) in [6, 6.07) is 14.4. The molecule has 110 valence electrons. The average Bonchev–Trinajstić information content (AvgIpc) is 2.53. The van der Waals surface area contributed by atoms with E-state index in [2.05, 4.69) is 12.1 Å². The molecule has 0 amide bonds. The highest BCUT2D eigenvalue weighted by atomic mass is 16.5. The smallest absolute Gasteiger partial charge is 0.120 e. The van der Waals surface area contributed by atoms with Crippen LogP contribution in [0.2, 0.25) is 0 Å². The maximum atomic E-state index is 6.14. The van der Waals surface area contributed by atoms with Crippen LogP contribution in [0.1, 0.15) is 35.6 Å². The molecule has 1 aliphatic rings. The zero-order valence-corrected chi connectivity index (χ0v) is 12.3. The molecule has 2 N–H and O–H groups in total. The Hall–Kier alpha value is -2.00. The third kappa shape index (κ3) is 3.19. The van der Waals surface area contributed by atoms with Gasteiger partial charge in [-0.3, -0.25) is 0 Å². The van der Waals surface area contributed by atoms with Crippen LogP contribution in [0.25, 0.3) is 0 Å². The van der Waals surface area contributed by atoms with E-state index in [0.717, 1.165) is 36.3 Å². The fourth-order valence-corrected chi connectivity index (χ4v) is 2.81. The molecule has 0 aliphatic heterocycles. The maximum absolute atomic E-state index is 6.14. The van der Waals surface area contributed by atoms with E-state index >= 15 is 0 Å². The summed E-state index contributed by atoms with van der Waals surface area (Å²) in [5.41, 5.74) is 9.88. The zero-order chi connectivity index (χ0) is 14.7. The normalized spacial score (nSPS) is 17.1. The third-order valence-electron chi connectivity index (χ3n) is 4.04. The minimum absolute atomic E-state index is 0.185. The third-order valence-corrected chi connectivity index (χ3v) is 4.04. The predicted molar refractivity (Wildman–Crippen MR) is 83.6 cm³/mol. The maximum Gasteiger partial charge on any atom is 0.120 e. The quantitative estimate of drug-likeness (QED) is 0.932. The molecule has 2 aromatic carbocycles. The Morgan fingerprint density at radius 1 is 1.10 bits per heavy atom. The fraction of sp³-hybridized carbons (Fsp3) is 0.333. The molecule has 1 aliphatic carbocycles. The molecular weight excluding hydrogens is 262 g/mol. The second-order valence-electron chi connectivity index (χ2n) is 5.50. The summed E-state index contributed by atoms with van der Waals surface area (Å²) < 4.78 is 11.0. The predicted octanol–water partition coefficient (Wildman–Crippen LogP) is 3.61. The molecule has 1 atom stereocenters. The van der Waals surface area contributed by atoms with E-state index in [1.165, 1.54) is 11.1 Å². The van der Waals surface area contributed by atoms with Crippen molar-refractivity contribution < 1.29 is 9.47 Å². The number of hydrogen-bond acceptors (Lipinski definition) is 3. The molecule has 0 spiro atoms. The first-order chi connectivity index (χ1) is 10.3. The number of nitrogens with two attached hydrogens (primary N) is 1. The van der Waals surface area contributed by atoms with E-state index in [1.54, 1.807) is 7.11 Å². The van der Waals surface area contributed by atoms with Crippen molar-refractivity contribution in [2.45, 2.75) is 31.9 Å². The first-order valence-electron chi connectivity index (χ1n) is 7.40. The highest BCUT2D eigenvalue weighted by Gasteiger charge is 2.16. The first kappa shape index (κ1) is 14.0. The van der Waals surface area contributed by atoms with Gasteiger partial charge < -0.3 is 15.2 Å². The number of ether oxygens (including phenoxy) is 2. The molecule has 2 aromatic rings. The molecule has 3 nitrogen and oxygen atoms in total. The molecule has 0 saturated heterocycles. The summed E-state index contributed by atoms with van der Waals surface area (Å²) >= 11 is 0. The van der Waals surface area contributed by atoms with E-state index in [9.17, 15) is 0 Å². The van der Waals surface area contributed by atoms with Gasteiger partial charge in [-0.05, 0) is 60.2 Å². The Morgan fingerprint density at radius 2 is 1.86 bits per heavy atom. The van der Waals surface area contributed by atoms with Gasteiger partial charge in [0.05, 0.1) is 7.11 Å². The van der Waals surface area contributed by atoms with E-state index < -0.39 is 0 Å². The Labute approximate surface area is 125 Å². The zero-order valence-electron chi connectivity index (χ0n) is 12.3. The van der Waals surface area contributed by atoms with Crippen LogP contribution in [-0.2, 0) is 13.0 Å². The number of fused-ring (bicyclic) bond motifs is 1. The Kier molecular flexibility index (Phi) is 4.11. The average molecular weight is 283 g/mol. The summed E-state index contributed by atoms with van der Waals surface area (Å²) in [4.78, 5) is 0. The van der Waals surface area contributed by atoms with Gasteiger partial charge in [0.15, 0.2) is 0 Å². The minimum Gasteiger partial charge on any atom is -0.497 e. The van der Waals surface area contributed by atoms with Crippen molar-refractivity contribution in [1.29, 1.82) is 0 Å². The van der Waals surface area contributed by atoms with Gasteiger partial charge in [0.2, 0.25) is 0 Å². The van der Waals surface area contributed by atoms with E-state index in [0.29, 0.717) is 6.61 Å². The molecular formula is C18H21NO2. The van der Waals surface area contributed by atoms with E-state index in [4.69, 9.17) is 15.2 Å². The minimum atomic E-state index is 0.185. The van der Waals surface area contributed by atoms with Crippen molar-refractivity contribution in [1.82, 2.24) is 0 Å². The van der Waals surface area contributed by atoms with Crippen molar-refractivity contribution in [3.8, 4) is 11.5 Å². The van der Waals surface area contributed by atoms with Crippen LogP contribution in [0.4, 0.5) is 0 Å². The highest BCUT2D eigenvalue weighted by Crippen LogP contribution is 2.30. The molecule has 0 fully saturated rings. The number of methoxy groups -OCH3 is 1. The topological polar surface area (TPSA) is 44.5 Å². The Bertz CT molecular complexity index is 607. The molecule has 1 unspecified atom stereocenters. The highest BCUT2D eigenvalue weighted by molar-refractivity contribution is 5.39. The lowest BCUT2D eigenvalue weighted by Gasteiger charge is -2.22. The van der Waals surface area contributed by atoms with Crippen molar-refractivity contribution >= 4 is 0 Å². The molecule has 0 aromatic heterocycles. The van der Waals surface area contributed by atoms with Crippen LogP contribution in [0.15, 0.2) is 42.5 Å². The number of hydrogen-bond donors (Lipinski definition) is 1. The van der Waals surface area contributed by atoms with Gasteiger partial charge in [-0.2, -0.15) is 0 Å². The standard InChI is InChI=1S/C18H21NO2/c1-20-15-7-5-13(6-8-15)12-21-16-9-10-17-14(11-16)3-2-4-18(17)19/h5-11,18H,2-4,12,19H2,1H3. The molecule has 3 heteroatoms. The Morgan fingerprint density at radius 3 is 2.62 bits per heavy atom. The van der Waals surface area contributed by atoms with Gasteiger partial charge in [0.1, 0.15) is 18.1 Å². The van der Waals surface area contributed by atoms with Crippen LogP contribution in [0, 0.1) is 0 Å². The molecule has 0 saturated carbocycles. The van der Waals surface area contributed by atoms with Crippen LogP contribution in [0.5, 0.6) is 11.5 Å². The lowest BCUT2D eigenvalue weighted by atomic mass is 9.88. The van der Waals surface area contributed by atoms with Gasteiger partial charge in [-0.25, -0.2) is 0 Å². The summed E-state index contributed by atoms with van der Waals surface area (Å²) in [6.45, 7) is 0.564. The summed E-state index contributed by atoms with van der Waals surface area (Å²) in [6.07, 6.45) is 3.35. The molecule has 0 bridgehead atoms. The van der Waals surface area contributed by atoms with Crippen molar-refractivity contribution in [2.75, 3.05) is 7.11 Å². The van der Waals surface area contributed by atoms with Gasteiger partial charge in [0, 0.05) is 6.04 Å². The first-order valence-corrected chi connectivity index (χ1v) is 7.40. The monoisotopic (exact) mass is 283 g/mol. The SMILES string of the molecule is COc1ccc(COc2ccc3c(c2)CCCC3N)cc1. The van der Waals surface area contributed by atoms with E-state index in [-0.39, 0.29) is 6.04 Å². The van der Waals surface area contributed by atoms with Crippen molar-refractivity contribution in [3.63, 3.8) is 0 Å². The lowest BCUT2D eigenvalue weighted by Crippen LogP contribution is -2.17. The van der Waals surface area contributed by atoms with Crippen LogP contribution >= 0.6 is 0 Å². The Balaban J connectivity index is 1.67. The number of rotatable bonds is 4. The fourth-order valence-electron chi connectivity index (χ4n) is 2.81. The van der Waals surface area contributed by atoms with Crippen LogP contribution in [-0.4, -0.2) is 7.11 Å². The van der Waals surface area contributed by atoms with Crippen molar-refractivity contribution in [3.05, 3.63) is 59.2 Å². The van der Waals surface area contributed by atoms with Crippen LogP contribution < -0.4 is 15.2 Å². The molecule has 21 heavy (non-hydrogen) atoms. The summed E-state index contributed by atoms with van der Waals surface area (Å²) in [5, 5.41) is 0. The van der Waals surface area contributed by atoms with Gasteiger partial charge in [0.25, 0.3) is 0 Å². The van der Waals surface area contributed by atoms with E-state index in [1.807, 2.05) is 30.3 Å². The van der Waals surface area contributed by atoms with Crippen molar-refractivity contribution in [2.24, 2.45) is 5.73 Å². The molecule has 0 radical (unpaired) electrons. The summed E-state index contributed by atoms with van der Waals surface area (Å²) in [7, 11) is 1.67. The number of benzene rings is 2. The van der Waals surface area contributed by atoms with Gasteiger partial charge in [-0.15, -0.1) is 0 Å². The second kappa shape index (κ2) is 6.19.